The summed E-state index contributed by atoms with van der Waals surface area (Å²) >= 11 is 5.21. The van der Waals surface area contributed by atoms with Crippen molar-refractivity contribution in [2.75, 3.05) is 39.5 Å². The topological polar surface area (TPSA) is 73.5 Å². The van der Waals surface area contributed by atoms with Crippen LogP contribution in [0.5, 0.6) is 0 Å². The van der Waals surface area contributed by atoms with Gasteiger partial charge in [-0.25, -0.2) is 13.1 Å². The van der Waals surface area contributed by atoms with Crippen molar-refractivity contribution in [3.8, 4) is 0 Å². The minimum absolute atomic E-state index is 0.246. The number of rotatable bonds is 7. The van der Waals surface area contributed by atoms with E-state index in [1.54, 1.807) is 25.1 Å². The van der Waals surface area contributed by atoms with Gasteiger partial charge in [0.25, 0.3) is 0 Å². The van der Waals surface area contributed by atoms with E-state index in [1.807, 2.05) is 14.1 Å². The molecule has 1 aromatic rings. The van der Waals surface area contributed by atoms with Crippen LogP contribution in [-0.2, 0) is 10.0 Å². The summed E-state index contributed by atoms with van der Waals surface area (Å²) < 4.78 is 26.2. The van der Waals surface area contributed by atoms with Gasteiger partial charge in [0.15, 0.2) is 5.11 Å². The first-order chi connectivity index (χ1) is 10.3. The van der Waals surface area contributed by atoms with Crippen LogP contribution < -0.4 is 15.4 Å². The zero-order chi connectivity index (χ0) is 16.8. The first-order valence-electron chi connectivity index (χ1n) is 7.00. The highest BCUT2D eigenvalue weighted by Crippen LogP contribution is 2.19. The standard InChI is InChI=1S/C14H24N4O2S2/c1-11-6-7-12(10-13(11)22(19,20)15-2)17-14(21)16-8-5-9-18(3)4/h6-7,10,15H,5,8-9H2,1-4H3,(H2,16,17,21). The van der Waals surface area contributed by atoms with E-state index >= 15 is 0 Å². The molecular weight excluding hydrogens is 320 g/mol. The molecule has 0 aromatic heterocycles. The lowest BCUT2D eigenvalue weighted by Gasteiger charge is -2.14. The third-order valence-electron chi connectivity index (χ3n) is 3.07. The van der Waals surface area contributed by atoms with E-state index in [4.69, 9.17) is 12.2 Å². The van der Waals surface area contributed by atoms with Gasteiger partial charge in [0.05, 0.1) is 4.90 Å². The molecule has 0 amide bonds. The van der Waals surface area contributed by atoms with Gasteiger partial charge in [-0.15, -0.1) is 0 Å². The second-order valence-corrected chi connectivity index (χ2v) is 7.49. The molecule has 8 heteroatoms. The number of anilines is 1. The fraction of sp³-hybridized carbons (Fsp3) is 0.500. The lowest BCUT2D eigenvalue weighted by Crippen LogP contribution is -2.31. The summed E-state index contributed by atoms with van der Waals surface area (Å²) in [5.41, 5.74) is 1.33. The minimum atomic E-state index is -3.48. The minimum Gasteiger partial charge on any atom is -0.362 e. The summed E-state index contributed by atoms with van der Waals surface area (Å²) in [5, 5.41) is 6.59. The average Bonchev–Trinajstić information content (AvgIpc) is 2.45. The Bertz CT molecular complexity index is 615. The van der Waals surface area contributed by atoms with Crippen molar-refractivity contribution in [3.05, 3.63) is 23.8 Å². The Morgan fingerprint density at radius 2 is 2.00 bits per heavy atom. The molecule has 0 heterocycles. The molecule has 0 fully saturated rings. The second-order valence-electron chi connectivity index (χ2n) is 5.23. The Labute approximate surface area is 138 Å². The molecule has 0 aliphatic carbocycles. The van der Waals surface area contributed by atoms with Gasteiger partial charge in [0.2, 0.25) is 10.0 Å². The molecule has 1 rings (SSSR count). The van der Waals surface area contributed by atoms with Gasteiger partial charge in [0, 0.05) is 12.2 Å². The number of sulfonamides is 1. The lowest BCUT2D eigenvalue weighted by molar-refractivity contribution is 0.400. The molecule has 3 N–H and O–H groups in total. The Balaban J connectivity index is 2.67. The maximum atomic E-state index is 11.9. The smallest absolute Gasteiger partial charge is 0.240 e. The Morgan fingerprint density at radius 1 is 1.32 bits per heavy atom. The van der Waals surface area contributed by atoms with Crippen LogP contribution in [0.3, 0.4) is 0 Å². The van der Waals surface area contributed by atoms with Crippen molar-refractivity contribution >= 4 is 33.0 Å². The van der Waals surface area contributed by atoms with Crippen LogP contribution >= 0.6 is 12.2 Å². The van der Waals surface area contributed by atoms with Crippen molar-refractivity contribution in [1.29, 1.82) is 0 Å². The van der Waals surface area contributed by atoms with Crippen LogP contribution in [0.2, 0.25) is 0 Å². The molecule has 0 aliphatic heterocycles. The molecule has 0 radical (unpaired) electrons. The number of nitrogens with zero attached hydrogens (tertiary/aromatic N) is 1. The van der Waals surface area contributed by atoms with Crippen molar-refractivity contribution in [2.24, 2.45) is 0 Å². The molecule has 0 spiro atoms. The summed E-state index contributed by atoms with van der Waals surface area (Å²) in [4.78, 5) is 2.35. The first kappa shape index (κ1) is 18.8. The van der Waals surface area contributed by atoms with Gasteiger partial charge in [-0.1, -0.05) is 6.07 Å². The predicted molar refractivity (Wildman–Crippen MR) is 94.8 cm³/mol. The normalized spacial score (nSPS) is 11.5. The van der Waals surface area contributed by atoms with E-state index in [0.29, 0.717) is 16.4 Å². The van der Waals surface area contributed by atoms with Crippen LogP contribution in [0.4, 0.5) is 5.69 Å². The molecule has 0 bridgehead atoms. The number of hydrogen-bond acceptors (Lipinski definition) is 4. The molecule has 124 valence electrons. The molecule has 6 nitrogen and oxygen atoms in total. The van der Waals surface area contributed by atoms with Crippen molar-refractivity contribution < 1.29 is 8.42 Å². The van der Waals surface area contributed by atoms with E-state index in [9.17, 15) is 8.42 Å². The number of nitrogens with one attached hydrogen (secondary N) is 3. The Morgan fingerprint density at radius 3 is 2.59 bits per heavy atom. The third kappa shape index (κ3) is 5.88. The summed E-state index contributed by atoms with van der Waals surface area (Å²) in [6.07, 6.45) is 0.974. The molecule has 1 aromatic carbocycles. The van der Waals surface area contributed by atoms with E-state index < -0.39 is 10.0 Å². The monoisotopic (exact) mass is 344 g/mol. The van der Waals surface area contributed by atoms with Crippen LogP contribution in [0, 0.1) is 6.92 Å². The van der Waals surface area contributed by atoms with Crippen molar-refractivity contribution in [1.82, 2.24) is 14.9 Å². The van der Waals surface area contributed by atoms with Gasteiger partial charge >= 0.3 is 0 Å². The van der Waals surface area contributed by atoms with Crippen LogP contribution in [-0.4, -0.2) is 52.7 Å². The van der Waals surface area contributed by atoms with E-state index in [1.165, 1.54) is 7.05 Å². The Kier molecular flexibility index (Phi) is 7.21. The highest BCUT2D eigenvalue weighted by molar-refractivity contribution is 7.89. The van der Waals surface area contributed by atoms with Gasteiger partial charge in [0.1, 0.15) is 0 Å². The molecule has 0 atom stereocenters. The first-order valence-corrected chi connectivity index (χ1v) is 8.89. The maximum Gasteiger partial charge on any atom is 0.240 e. The number of aryl methyl sites for hydroxylation is 1. The quantitative estimate of drug-likeness (QED) is 0.509. The largest absolute Gasteiger partial charge is 0.362 e. The van der Waals surface area contributed by atoms with E-state index in [2.05, 4.69) is 20.3 Å². The molecule has 22 heavy (non-hydrogen) atoms. The Hall–Kier alpha value is -1.22. The van der Waals surface area contributed by atoms with E-state index in [0.717, 1.165) is 19.5 Å². The van der Waals surface area contributed by atoms with Crippen LogP contribution in [0.1, 0.15) is 12.0 Å². The zero-order valence-corrected chi connectivity index (χ0v) is 15.1. The van der Waals surface area contributed by atoms with Gasteiger partial charge in [-0.2, -0.15) is 0 Å². The molecule has 0 unspecified atom stereocenters. The summed E-state index contributed by atoms with van der Waals surface area (Å²) in [6, 6.07) is 5.13. The van der Waals surface area contributed by atoms with Crippen LogP contribution in [0.25, 0.3) is 0 Å². The maximum absolute atomic E-state index is 11.9. The van der Waals surface area contributed by atoms with Crippen LogP contribution in [0.15, 0.2) is 23.1 Å². The molecule has 0 aliphatic rings. The fourth-order valence-corrected chi connectivity index (χ4v) is 3.06. The summed E-state index contributed by atoms with van der Waals surface area (Å²) in [7, 11) is 1.96. The SMILES string of the molecule is CNS(=O)(=O)c1cc(NC(=S)NCCCN(C)C)ccc1C. The second kappa shape index (κ2) is 8.42. The highest BCUT2D eigenvalue weighted by Gasteiger charge is 2.15. The average molecular weight is 345 g/mol. The number of hydrogen-bond donors (Lipinski definition) is 3. The van der Waals surface area contributed by atoms with Crippen molar-refractivity contribution in [3.63, 3.8) is 0 Å². The van der Waals surface area contributed by atoms with Gasteiger partial charge in [-0.3, -0.25) is 0 Å². The summed E-state index contributed by atoms with van der Waals surface area (Å²) in [5.74, 6) is 0. The fourth-order valence-electron chi connectivity index (χ4n) is 1.85. The lowest BCUT2D eigenvalue weighted by atomic mass is 10.2. The van der Waals surface area contributed by atoms with Crippen molar-refractivity contribution in [2.45, 2.75) is 18.2 Å². The summed E-state index contributed by atoms with van der Waals surface area (Å²) in [6.45, 7) is 3.49. The number of thiocarbonyl (C=S) groups is 1. The van der Waals surface area contributed by atoms with Gasteiger partial charge < -0.3 is 15.5 Å². The predicted octanol–water partition coefficient (Wildman–Crippen LogP) is 1.14. The van der Waals surface area contributed by atoms with Gasteiger partial charge in [-0.05, 0) is 70.9 Å². The highest BCUT2D eigenvalue weighted by atomic mass is 32.2. The number of benzene rings is 1. The zero-order valence-electron chi connectivity index (χ0n) is 13.4. The third-order valence-corrected chi connectivity index (χ3v) is 4.87. The molecule has 0 saturated heterocycles. The molecular formula is C14H24N4O2S2. The van der Waals surface area contributed by atoms with E-state index in [-0.39, 0.29) is 4.90 Å². The molecule has 0 saturated carbocycles.